The summed E-state index contributed by atoms with van der Waals surface area (Å²) in [4.78, 5) is 30.7. The Morgan fingerprint density at radius 3 is 2.69 bits per heavy atom. The number of carbonyl (C=O) groups excluding carboxylic acids is 2. The maximum absolute atomic E-state index is 12.9. The van der Waals surface area contributed by atoms with Gasteiger partial charge in [0.25, 0.3) is 0 Å². The number of carbonyl (C=O) groups is 2. The summed E-state index contributed by atoms with van der Waals surface area (Å²) in [6, 6.07) is 8.70. The number of hydrogen-bond acceptors (Lipinski definition) is 5. The molecule has 2 aliphatic rings. The van der Waals surface area contributed by atoms with E-state index in [1.165, 1.54) is 11.0 Å². The van der Waals surface area contributed by atoms with Gasteiger partial charge in [-0.1, -0.05) is 19.1 Å². The molecule has 0 aliphatic carbocycles. The van der Waals surface area contributed by atoms with Gasteiger partial charge in [-0.2, -0.15) is 13.2 Å². The van der Waals surface area contributed by atoms with Crippen LogP contribution in [-0.2, 0) is 22.3 Å². The van der Waals surface area contributed by atoms with Crippen LogP contribution in [0.1, 0.15) is 36.1 Å². The summed E-state index contributed by atoms with van der Waals surface area (Å²) in [5, 5.41) is 2.95. The number of pyridine rings is 1. The highest BCUT2D eigenvalue weighted by molar-refractivity contribution is 5.89. The van der Waals surface area contributed by atoms with Crippen molar-refractivity contribution in [3.63, 3.8) is 0 Å². The Labute approximate surface area is 183 Å². The summed E-state index contributed by atoms with van der Waals surface area (Å²) >= 11 is 0. The standard InChI is InChI=1S/C22H24F3N5O2/c1-13-19(15-5-7-26-8-6-15)28-29-20(13)27-21(32)16-10-18(31)30(12-16)11-14-3-2-4-17(9-14)22(23,24)25/h2-9,13,16,19-20,28-29H,10-12H2,1H3,(H,27,32). The Morgan fingerprint density at radius 2 is 1.97 bits per heavy atom. The van der Waals surface area contributed by atoms with Crippen molar-refractivity contribution < 1.29 is 22.8 Å². The second kappa shape index (κ2) is 8.87. The third-order valence-electron chi connectivity index (χ3n) is 6.02. The molecule has 1 aromatic carbocycles. The van der Waals surface area contributed by atoms with E-state index in [0.717, 1.165) is 17.7 Å². The molecule has 2 amide bonds. The molecular formula is C22H24F3N5O2. The van der Waals surface area contributed by atoms with Gasteiger partial charge in [-0.15, -0.1) is 0 Å². The fourth-order valence-electron chi connectivity index (χ4n) is 4.20. The van der Waals surface area contributed by atoms with E-state index in [1.807, 2.05) is 19.1 Å². The van der Waals surface area contributed by atoms with Crippen LogP contribution >= 0.6 is 0 Å². The SMILES string of the molecule is CC1C(NC(=O)C2CC(=O)N(Cc3cccc(C(F)(F)F)c3)C2)NNC1c1ccncc1. The molecule has 3 heterocycles. The van der Waals surface area contributed by atoms with Gasteiger partial charge in [0.1, 0.15) is 0 Å². The molecule has 4 atom stereocenters. The largest absolute Gasteiger partial charge is 0.416 e. The van der Waals surface area contributed by atoms with Crippen LogP contribution in [0.3, 0.4) is 0 Å². The first kappa shape index (κ1) is 22.2. The lowest BCUT2D eigenvalue weighted by atomic mass is 9.95. The minimum atomic E-state index is -4.44. The fourth-order valence-corrected chi connectivity index (χ4v) is 4.20. The zero-order valence-electron chi connectivity index (χ0n) is 17.4. The molecule has 2 aliphatic heterocycles. The maximum atomic E-state index is 12.9. The van der Waals surface area contributed by atoms with E-state index >= 15 is 0 Å². The lowest BCUT2D eigenvalue weighted by Gasteiger charge is -2.22. The molecule has 32 heavy (non-hydrogen) atoms. The molecule has 3 N–H and O–H groups in total. The second-order valence-corrected chi connectivity index (χ2v) is 8.27. The van der Waals surface area contributed by atoms with Gasteiger partial charge in [0, 0.05) is 37.8 Å². The third kappa shape index (κ3) is 4.76. The Kier molecular flexibility index (Phi) is 6.16. The molecule has 4 rings (SSSR count). The van der Waals surface area contributed by atoms with Crippen LogP contribution in [0.2, 0.25) is 0 Å². The van der Waals surface area contributed by atoms with Gasteiger partial charge in [-0.25, -0.2) is 10.9 Å². The van der Waals surface area contributed by atoms with E-state index < -0.39 is 17.7 Å². The number of amides is 2. The first-order valence-corrected chi connectivity index (χ1v) is 10.4. The molecular weight excluding hydrogens is 423 g/mol. The predicted molar refractivity (Wildman–Crippen MR) is 109 cm³/mol. The van der Waals surface area contributed by atoms with Crippen molar-refractivity contribution in [2.75, 3.05) is 6.54 Å². The van der Waals surface area contributed by atoms with E-state index in [2.05, 4.69) is 21.2 Å². The number of aromatic nitrogens is 1. The summed E-state index contributed by atoms with van der Waals surface area (Å²) in [5.74, 6) is -1.02. The van der Waals surface area contributed by atoms with E-state index in [-0.39, 0.29) is 49.5 Å². The zero-order valence-corrected chi connectivity index (χ0v) is 17.4. The second-order valence-electron chi connectivity index (χ2n) is 8.27. The number of alkyl halides is 3. The average molecular weight is 447 g/mol. The van der Waals surface area contributed by atoms with Crippen molar-refractivity contribution in [1.82, 2.24) is 26.1 Å². The van der Waals surface area contributed by atoms with E-state index in [9.17, 15) is 22.8 Å². The van der Waals surface area contributed by atoms with Gasteiger partial charge in [0.15, 0.2) is 0 Å². The quantitative estimate of drug-likeness (QED) is 0.655. The number of hydrogen-bond donors (Lipinski definition) is 3. The molecule has 1 aromatic heterocycles. The van der Waals surface area contributed by atoms with E-state index in [4.69, 9.17) is 0 Å². The van der Waals surface area contributed by atoms with Gasteiger partial charge >= 0.3 is 6.18 Å². The van der Waals surface area contributed by atoms with Crippen LogP contribution in [0.15, 0.2) is 48.8 Å². The Hall–Kier alpha value is -2.98. The zero-order chi connectivity index (χ0) is 22.9. The molecule has 10 heteroatoms. The Morgan fingerprint density at radius 1 is 1.22 bits per heavy atom. The normalized spacial score (nSPS) is 25.9. The van der Waals surface area contributed by atoms with Crippen LogP contribution < -0.4 is 16.2 Å². The monoisotopic (exact) mass is 447 g/mol. The first-order chi connectivity index (χ1) is 15.2. The lowest BCUT2D eigenvalue weighted by Crippen LogP contribution is -2.48. The van der Waals surface area contributed by atoms with Crippen LogP contribution in [0.4, 0.5) is 13.2 Å². The molecule has 0 spiro atoms. The van der Waals surface area contributed by atoms with Crippen molar-refractivity contribution in [1.29, 1.82) is 0 Å². The van der Waals surface area contributed by atoms with Gasteiger partial charge in [0.05, 0.1) is 23.7 Å². The highest BCUT2D eigenvalue weighted by atomic mass is 19.4. The highest BCUT2D eigenvalue weighted by Crippen LogP contribution is 2.31. The molecule has 7 nitrogen and oxygen atoms in total. The molecule has 0 bridgehead atoms. The smallest absolute Gasteiger partial charge is 0.339 e. The van der Waals surface area contributed by atoms with E-state index in [0.29, 0.717) is 5.56 Å². The predicted octanol–water partition coefficient (Wildman–Crippen LogP) is 2.38. The molecule has 0 radical (unpaired) electrons. The van der Waals surface area contributed by atoms with Crippen molar-refractivity contribution >= 4 is 11.8 Å². The first-order valence-electron chi connectivity index (χ1n) is 10.4. The van der Waals surface area contributed by atoms with Gasteiger partial charge < -0.3 is 10.2 Å². The molecule has 2 aromatic rings. The van der Waals surface area contributed by atoms with E-state index in [1.54, 1.807) is 18.5 Å². The summed E-state index contributed by atoms with van der Waals surface area (Å²) < 4.78 is 38.8. The lowest BCUT2D eigenvalue weighted by molar-refractivity contribution is -0.137. The van der Waals surface area contributed by atoms with Crippen molar-refractivity contribution in [3.8, 4) is 0 Å². The number of benzene rings is 1. The summed E-state index contributed by atoms with van der Waals surface area (Å²) in [6.07, 6.45) is -1.32. The number of halogens is 3. The summed E-state index contributed by atoms with van der Waals surface area (Å²) in [6.45, 7) is 2.21. The molecule has 2 fully saturated rings. The minimum Gasteiger partial charge on any atom is -0.339 e. The third-order valence-corrected chi connectivity index (χ3v) is 6.02. The van der Waals surface area contributed by atoms with Crippen LogP contribution in [0.5, 0.6) is 0 Å². The topological polar surface area (TPSA) is 86.4 Å². The summed E-state index contributed by atoms with van der Waals surface area (Å²) in [5.41, 5.74) is 6.92. The fraction of sp³-hybridized carbons (Fsp3) is 0.409. The van der Waals surface area contributed by atoms with Crippen LogP contribution in [-0.4, -0.2) is 34.4 Å². The Bertz CT molecular complexity index is 985. The van der Waals surface area contributed by atoms with Crippen LogP contribution in [0, 0.1) is 11.8 Å². The summed E-state index contributed by atoms with van der Waals surface area (Å²) in [7, 11) is 0. The Balaban J connectivity index is 1.35. The minimum absolute atomic E-state index is 0.00841. The molecule has 2 saturated heterocycles. The van der Waals surface area contributed by atoms with Gasteiger partial charge in [-0.05, 0) is 35.4 Å². The highest BCUT2D eigenvalue weighted by Gasteiger charge is 2.39. The van der Waals surface area contributed by atoms with Crippen molar-refractivity contribution in [3.05, 3.63) is 65.5 Å². The number of nitrogens with one attached hydrogen (secondary N) is 3. The van der Waals surface area contributed by atoms with Crippen LogP contribution in [0.25, 0.3) is 0 Å². The number of nitrogens with zero attached hydrogens (tertiary/aromatic N) is 2. The molecule has 4 unspecified atom stereocenters. The van der Waals surface area contributed by atoms with Gasteiger partial charge in [-0.3, -0.25) is 14.6 Å². The number of rotatable bonds is 5. The average Bonchev–Trinajstić information content (AvgIpc) is 3.31. The number of hydrazine groups is 1. The van der Waals surface area contributed by atoms with Crippen molar-refractivity contribution in [2.45, 2.75) is 38.3 Å². The molecule has 0 saturated carbocycles. The van der Waals surface area contributed by atoms with Gasteiger partial charge in [0.2, 0.25) is 11.8 Å². The number of likely N-dealkylation sites (tertiary alicyclic amines) is 1. The van der Waals surface area contributed by atoms with Crippen molar-refractivity contribution in [2.24, 2.45) is 11.8 Å². The maximum Gasteiger partial charge on any atom is 0.416 e. The molecule has 170 valence electrons.